The van der Waals surface area contributed by atoms with Crippen LogP contribution in [-0.2, 0) is 25.2 Å². The highest BCUT2D eigenvalue weighted by molar-refractivity contribution is 7.87. The fourth-order valence-corrected chi connectivity index (χ4v) is 8.16. The molecule has 0 aromatic rings. The van der Waals surface area contributed by atoms with E-state index in [0.29, 0.717) is 38.0 Å². The smallest absolute Gasteiger partial charge is 0.282 e. The maximum absolute atomic E-state index is 13.0. The van der Waals surface area contributed by atoms with Gasteiger partial charge in [0, 0.05) is 52.4 Å². The van der Waals surface area contributed by atoms with E-state index in [1.54, 1.807) is 4.31 Å². The van der Waals surface area contributed by atoms with Crippen LogP contribution in [0.5, 0.6) is 0 Å². The molecule has 0 aromatic heterocycles. The normalized spacial score (nSPS) is 35.9. The van der Waals surface area contributed by atoms with E-state index < -0.39 is 20.4 Å². The Bertz CT molecular complexity index is 668. The number of rotatable bonds is 4. The van der Waals surface area contributed by atoms with Crippen molar-refractivity contribution in [2.45, 2.75) is 46.3 Å². The number of nitrogens with zero attached hydrogens (tertiary/aromatic N) is 4. The average Bonchev–Trinajstić information content (AvgIpc) is 2.60. The topological polar surface area (TPSA) is 90.5 Å². The third-order valence-corrected chi connectivity index (χ3v) is 9.66. The van der Waals surface area contributed by atoms with Crippen molar-refractivity contribution < 1.29 is 21.6 Å². The molecule has 9 nitrogen and oxygen atoms in total. The van der Waals surface area contributed by atoms with Crippen LogP contribution in [-0.4, -0.2) is 98.6 Å². The van der Waals surface area contributed by atoms with E-state index in [-0.39, 0.29) is 38.4 Å². The largest absolute Gasteiger partial charge is 0.373 e. The van der Waals surface area contributed by atoms with Crippen molar-refractivity contribution in [3.05, 3.63) is 0 Å². The fraction of sp³-hybridized carbons (Fsp3) is 1.00. The Balaban J connectivity index is 1.63. The second-order valence-electron chi connectivity index (χ2n) is 8.65. The molecule has 0 bridgehead atoms. The number of hydrogen-bond donors (Lipinski definition) is 0. The van der Waals surface area contributed by atoms with E-state index >= 15 is 0 Å². The van der Waals surface area contributed by atoms with Crippen molar-refractivity contribution in [2.24, 2.45) is 11.8 Å². The summed E-state index contributed by atoms with van der Waals surface area (Å²) in [6, 6.07) is 0. The summed E-state index contributed by atoms with van der Waals surface area (Å²) in [6.07, 6.45) is 0.737. The summed E-state index contributed by atoms with van der Waals surface area (Å²) >= 11 is 0. The van der Waals surface area contributed by atoms with Gasteiger partial charge in [0.1, 0.15) is 0 Å². The van der Waals surface area contributed by atoms with Crippen LogP contribution in [0.3, 0.4) is 0 Å². The quantitative estimate of drug-likeness (QED) is 0.625. The van der Waals surface area contributed by atoms with Gasteiger partial charge in [-0.3, -0.25) is 0 Å². The Morgan fingerprint density at radius 2 is 0.964 bits per heavy atom. The molecule has 164 valence electrons. The van der Waals surface area contributed by atoms with Crippen LogP contribution in [0.4, 0.5) is 0 Å². The van der Waals surface area contributed by atoms with E-state index in [9.17, 15) is 16.8 Å². The molecule has 0 saturated carbocycles. The molecule has 0 amide bonds. The first-order valence-electron chi connectivity index (χ1n) is 10.2. The van der Waals surface area contributed by atoms with Gasteiger partial charge in [0.2, 0.25) is 0 Å². The molecule has 0 N–H and O–H groups in total. The predicted molar refractivity (Wildman–Crippen MR) is 107 cm³/mol. The van der Waals surface area contributed by atoms with Crippen LogP contribution in [0.2, 0.25) is 0 Å². The highest BCUT2D eigenvalue weighted by atomic mass is 32.2. The van der Waals surface area contributed by atoms with Crippen molar-refractivity contribution >= 4 is 20.4 Å². The lowest BCUT2D eigenvalue weighted by atomic mass is 9.94. The predicted octanol–water partition coefficient (Wildman–Crippen LogP) is 0.181. The molecule has 0 radical (unpaired) electrons. The third kappa shape index (κ3) is 4.71. The zero-order chi connectivity index (χ0) is 20.7. The lowest BCUT2D eigenvalue weighted by molar-refractivity contribution is -0.0456. The van der Waals surface area contributed by atoms with E-state index in [1.165, 1.54) is 12.9 Å². The van der Waals surface area contributed by atoms with E-state index in [4.69, 9.17) is 4.74 Å². The van der Waals surface area contributed by atoms with Gasteiger partial charge in [0.25, 0.3) is 20.4 Å². The Morgan fingerprint density at radius 1 is 0.607 bits per heavy atom. The van der Waals surface area contributed by atoms with E-state index in [2.05, 4.69) is 13.8 Å². The first kappa shape index (κ1) is 22.4. The Labute approximate surface area is 170 Å². The number of morpholine rings is 1. The second-order valence-corrected chi connectivity index (χ2v) is 12.5. The monoisotopic (exact) mass is 438 g/mol. The zero-order valence-electron chi connectivity index (χ0n) is 17.3. The molecular weight excluding hydrogens is 404 g/mol. The van der Waals surface area contributed by atoms with Gasteiger partial charge in [-0.1, -0.05) is 13.8 Å². The summed E-state index contributed by atoms with van der Waals surface area (Å²) in [4.78, 5) is 0. The van der Waals surface area contributed by atoms with Crippen LogP contribution in [0.15, 0.2) is 0 Å². The van der Waals surface area contributed by atoms with Crippen LogP contribution in [0, 0.1) is 11.8 Å². The van der Waals surface area contributed by atoms with Crippen LogP contribution >= 0.6 is 0 Å². The van der Waals surface area contributed by atoms with E-state index in [1.807, 2.05) is 13.8 Å². The summed E-state index contributed by atoms with van der Waals surface area (Å²) in [6.45, 7) is 10.4. The first-order chi connectivity index (χ1) is 13.0. The summed E-state index contributed by atoms with van der Waals surface area (Å²) < 4.78 is 63.6. The van der Waals surface area contributed by atoms with Gasteiger partial charge in [0.05, 0.1) is 12.2 Å². The van der Waals surface area contributed by atoms with Gasteiger partial charge in [-0.25, -0.2) is 0 Å². The zero-order valence-corrected chi connectivity index (χ0v) is 19.0. The molecule has 3 heterocycles. The number of piperidine rings is 1. The molecule has 0 aliphatic carbocycles. The van der Waals surface area contributed by atoms with Crippen molar-refractivity contribution in [1.82, 2.24) is 17.2 Å². The molecule has 0 aromatic carbocycles. The van der Waals surface area contributed by atoms with Crippen molar-refractivity contribution in [1.29, 1.82) is 0 Å². The average molecular weight is 439 g/mol. The molecule has 11 heteroatoms. The minimum absolute atomic E-state index is 0.150. The first-order valence-corrected chi connectivity index (χ1v) is 13.0. The molecule has 4 unspecified atom stereocenters. The number of piperazine rings is 1. The molecule has 3 saturated heterocycles. The van der Waals surface area contributed by atoms with Gasteiger partial charge < -0.3 is 4.74 Å². The number of ether oxygens (including phenoxy) is 1. The Morgan fingerprint density at radius 3 is 1.36 bits per heavy atom. The maximum Gasteiger partial charge on any atom is 0.282 e. The fourth-order valence-electron chi connectivity index (χ4n) is 4.57. The SMILES string of the molecule is CC1CC(C)CN(S(=O)(=O)N2CCN(S(=O)(=O)N3CC(C)OC(C)C3)CC2)C1. The lowest BCUT2D eigenvalue weighted by Crippen LogP contribution is -2.59. The van der Waals surface area contributed by atoms with Crippen LogP contribution in [0.25, 0.3) is 0 Å². The molecule has 3 aliphatic rings. The summed E-state index contributed by atoms with van der Waals surface area (Å²) in [5, 5.41) is 0. The highest BCUT2D eigenvalue weighted by Crippen LogP contribution is 2.26. The Kier molecular flexibility index (Phi) is 6.75. The molecule has 3 fully saturated rings. The third-order valence-electron chi connectivity index (χ3n) is 5.72. The standard InChI is InChI=1S/C17H34N4O5S2/c1-14-9-15(2)11-20(10-14)27(22,23)18-5-7-19(8-6-18)28(24,25)21-12-16(3)26-17(4)13-21/h14-17H,5-13H2,1-4H3. The summed E-state index contributed by atoms with van der Waals surface area (Å²) in [5.41, 5.74) is 0. The summed E-state index contributed by atoms with van der Waals surface area (Å²) in [5.74, 6) is 0.677. The van der Waals surface area contributed by atoms with Crippen LogP contribution < -0.4 is 0 Å². The summed E-state index contributed by atoms with van der Waals surface area (Å²) in [7, 11) is -7.16. The maximum atomic E-state index is 13.0. The Hall–Kier alpha value is -0.300. The molecular formula is C17H34N4O5S2. The van der Waals surface area contributed by atoms with Gasteiger partial charge in [-0.05, 0) is 32.1 Å². The molecule has 4 atom stereocenters. The van der Waals surface area contributed by atoms with E-state index in [0.717, 1.165) is 6.42 Å². The van der Waals surface area contributed by atoms with Gasteiger partial charge in [0.15, 0.2) is 0 Å². The second kappa shape index (κ2) is 8.44. The van der Waals surface area contributed by atoms with Gasteiger partial charge in [-0.2, -0.15) is 34.1 Å². The highest BCUT2D eigenvalue weighted by Gasteiger charge is 2.40. The van der Waals surface area contributed by atoms with Crippen LogP contribution in [0.1, 0.15) is 34.1 Å². The minimum Gasteiger partial charge on any atom is -0.373 e. The van der Waals surface area contributed by atoms with Gasteiger partial charge in [-0.15, -0.1) is 0 Å². The van der Waals surface area contributed by atoms with Crippen molar-refractivity contribution in [2.75, 3.05) is 52.4 Å². The van der Waals surface area contributed by atoms with Gasteiger partial charge >= 0.3 is 0 Å². The van der Waals surface area contributed by atoms with Crippen molar-refractivity contribution in [3.63, 3.8) is 0 Å². The molecule has 0 spiro atoms. The lowest BCUT2D eigenvalue weighted by Gasteiger charge is -2.42. The van der Waals surface area contributed by atoms with Crippen molar-refractivity contribution in [3.8, 4) is 0 Å². The molecule has 3 rings (SSSR count). The minimum atomic E-state index is -3.61. The molecule has 28 heavy (non-hydrogen) atoms. The molecule has 3 aliphatic heterocycles. The number of hydrogen-bond acceptors (Lipinski definition) is 5.